The molecule has 0 N–H and O–H groups in total. The predicted molar refractivity (Wildman–Crippen MR) is 91.6 cm³/mol. The summed E-state index contributed by atoms with van der Waals surface area (Å²) in [4.78, 5) is 13.0. The number of rotatable bonds is 5. The van der Waals surface area contributed by atoms with E-state index in [2.05, 4.69) is 10.3 Å². The fourth-order valence-corrected chi connectivity index (χ4v) is 4.67. The fourth-order valence-electron chi connectivity index (χ4n) is 2.99. The van der Waals surface area contributed by atoms with E-state index >= 15 is 0 Å². The quantitative estimate of drug-likeness (QED) is 0.746. The summed E-state index contributed by atoms with van der Waals surface area (Å²) < 4.78 is 55.4. The van der Waals surface area contributed by atoms with Gasteiger partial charge >= 0.3 is 0 Å². The first-order valence-corrected chi connectivity index (χ1v) is 9.65. The lowest BCUT2D eigenvalue weighted by molar-refractivity contribution is 0.0822. The van der Waals surface area contributed by atoms with Crippen LogP contribution in [0.3, 0.4) is 0 Å². The van der Waals surface area contributed by atoms with Crippen molar-refractivity contribution >= 4 is 15.9 Å². The van der Waals surface area contributed by atoms with Crippen LogP contribution in [-0.2, 0) is 16.6 Å². The van der Waals surface area contributed by atoms with Crippen LogP contribution in [0.4, 0.5) is 8.78 Å². The highest BCUT2D eigenvalue weighted by molar-refractivity contribution is 7.89. The summed E-state index contributed by atoms with van der Waals surface area (Å²) in [6.45, 7) is -0.287. The third-order valence-corrected chi connectivity index (χ3v) is 6.19. The van der Waals surface area contributed by atoms with E-state index in [0.717, 1.165) is 16.4 Å². The maximum absolute atomic E-state index is 14.0. The molecule has 1 aromatic carbocycles. The van der Waals surface area contributed by atoms with E-state index in [-0.39, 0.29) is 36.0 Å². The Morgan fingerprint density at radius 3 is 2.78 bits per heavy atom. The Morgan fingerprint density at radius 1 is 1.37 bits per heavy atom. The van der Waals surface area contributed by atoms with Gasteiger partial charge in [0.2, 0.25) is 10.0 Å². The van der Waals surface area contributed by atoms with Gasteiger partial charge < -0.3 is 4.90 Å². The van der Waals surface area contributed by atoms with Crippen LogP contribution in [0.25, 0.3) is 0 Å². The van der Waals surface area contributed by atoms with Crippen molar-refractivity contribution in [2.75, 3.05) is 20.6 Å². The van der Waals surface area contributed by atoms with Gasteiger partial charge in [-0.25, -0.2) is 17.2 Å². The smallest absolute Gasteiger partial charge is 0.275 e. The summed E-state index contributed by atoms with van der Waals surface area (Å²) in [7, 11) is -0.932. The van der Waals surface area contributed by atoms with E-state index in [1.165, 1.54) is 27.9 Å². The van der Waals surface area contributed by atoms with Crippen molar-refractivity contribution in [2.45, 2.75) is 30.1 Å². The van der Waals surface area contributed by atoms with Crippen LogP contribution in [0.2, 0.25) is 0 Å². The molecule has 1 aliphatic rings. The number of hydrogen-bond acceptors (Lipinski definition) is 5. The van der Waals surface area contributed by atoms with Gasteiger partial charge in [-0.15, -0.1) is 5.10 Å². The Kier molecular flexibility index (Phi) is 5.24. The number of carbonyl (C=O) groups is 1. The lowest BCUT2D eigenvalue weighted by Crippen LogP contribution is -2.38. The summed E-state index contributed by atoms with van der Waals surface area (Å²) in [5, 5.41) is 7.59. The number of alkyl halides is 1. The minimum Gasteiger partial charge on any atom is -0.343 e. The van der Waals surface area contributed by atoms with Gasteiger partial charge in [-0.1, -0.05) is 11.3 Å². The third kappa shape index (κ3) is 3.98. The first kappa shape index (κ1) is 19.4. The van der Waals surface area contributed by atoms with Gasteiger partial charge in [0, 0.05) is 26.7 Å². The van der Waals surface area contributed by atoms with Crippen molar-refractivity contribution in [3.05, 3.63) is 42.0 Å². The molecule has 8 nitrogen and oxygen atoms in total. The molecule has 0 bridgehead atoms. The Bertz CT molecular complexity index is 947. The Labute approximate surface area is 155 Å². The van der Waals surface area contributed by atoms with Crippen LogP contribution in [0.1, 0.15) is 16.9 Å². The van der Waals surface area contributed by atoms with Gasteiger partial charge in [0.1, 0.15) is 12.0 Å². The van der Waals surface area contributed by atoms with E-state index in [0.29, 0.717) is 0 Å². The molecule has 2 heterocycles. The highest BCUT2D eigenvalue weighted by Gasteiger charge is 2.41. The second kappa shape index (κ2) is 7.31. The average molecular weight is 399 g/mol. The SMILES string of the molecule is CN(C)C(=O)c1cn(CC2CC(F)CN2S(=O)(=O)c2cccc(F)c2)nn1. The molecule has 1 fully saturated rings. The highest BCUT2D eigenvalue weighted by Crippen LogP contribution is 2.29. The lowest BCUT2D eigenvalue weighted by Gasteiger charge is -2.23. The first-order chi connectivity index (χ1) is 12.7. The second-order valence-electron chi connectivity index (χ2n) is 6.54. The third-order valence-electron chi connectivity index (χ3n) is 4.28. The number of aromatic nitrogens is 3. The standard InChI is InChI=1S/C16H19F2N5O3S/c1-21(2)16(24)15-10-22(20-19-15)9-13-6-12(18)8-23(13)27(25,26)14-5-3-4-11(17)7-14/h3-5,7,10,12-13H,6,8-9H2,1-2H3. The lowest BCUT2D eigenvalue weighted by atomic mass is 10.2. The number of hydrogen-bond donors (Lipinski definition) is 0. The van der Waals surface area contributed by atoms with Gasteiger partial charge in [-0.05, 0) is 24.6 Å². The summed E-state index contributed by atoms with van der Waals surface area (Å²) >= 11 is 0. The zero-order chi connectivity index (χ0) is 19.8. The van der Waals surface area contributed by atoms with Crippen molar-refractivity contribution in [3.8, 4) is 0 Å². The molecule has 0 spiro atoms. The Hall–Kier alpha value is -2.40. The monoisotopic (exact) mass is 399 g/mol. The fraction of sp³-hybridized carbons (Fsp3) is 0.438. The van der Waals surface area contributed by atoms with E-state index in [4.69, 9.17) is 0 Å². The molecule has 0 radical (unpaired) electrons. The number of nitrogens with zero attached hydrogens (tertiary/aromatic N) is 5. The summed E-state index contributed by atoms with van der Waals surface area (Å²) in [5.74, 6) is -1.04. The molecule has 1 aliphatic heterocycles. The normalized spacial score (nSPS) is 20.7. The zero-order valence-corrected chi connectivity index (χ0v) is 15.6. The number of halogens is 2. The van der Waals surface area contributed by atoms with Crippen LogP contribution < -0.4 is 0 Å². The molecule has 2 atom stereocenters. The molecular weight excluding hydrogens is 380 g/mol. The Morgan fingerprint density at radius 2 is 2.11 bits per heavy atom. The zero-order valence-electron chi connectivity index (χ0n) is 14.8. The van der Waals surface area contributed by atoms with E-state index in [9.17, 15) is 22.0 Å². The molecule has 27 heavy (non-hydrogen) atoms. The van der Waals surface area contributed by atoms with Crippen LogP contribution in [0, 0.1) is 5.82 Å². The van der Waals surface area contributed by atoms with E-state index < -0.39 is 28.1 Å². The van der Waals surface area contributed by atoms with E-state index in [1.54, 1.807) is 14.1 Å². The largest absolute Gasteiger partial charge is 0.343 e. The van der Waals surface area contributed by atoms with Gasteiger partial charge in [0.15, 0.2) is 5.69 Å². The minimum absolute atomic E-state index is 0.0225. The number of sulfonamides is 1. The maximum atomic E-state index is 14.0. The maximum Gasteiger partial charge on any atom is 0.275 e. The van der Waals surface area contributed by atoms with Crippen LogP contribution in [0.5, 0.6) is 0 Å². The van der Waals surface area contributed by atoms with E-state index in [1.807, 2.05) is 0 Å². The van der Waals surface area contributed by atoms with Crippen LogP contribution >= 0.6 is 0 Å². The highest BCUT2D eigenvalue weighted by atomic mass is 32.2. The molecule has 2 unspecified atom stereocenters. The molecule has 0 aliphatic carbocycles. The number of carbonyl (C=O) groups excluding carboxylic acids is 1. The molecule has 11 heteroatoms. The second-order valence-corrected chi connectivity index (χ2v) is 8.43. The first-order valence-electron chi connectivity index (χ1n) is 8.21. The number of benzene rings is 1. The van der Waals surface area contributed by atoms with Gasteiger partial charge in [-0.3, -0.25) is 9.48 Å². The van der Waals surface area contributed by atoms with Gasteiger partial charge in [0.25, 0.3) is 5.91 Å². The molecule has 146 valence electrons. The van der Waals surface area contributed by atoms with Crippen molar-refractivity contribution < 1.29 is 22.0 Å². The van der Waals surface area contributed by atoms with Crippen LogP contribution in [0.15, 0.2) is 35.4 Å². The van der Waals surface area contributed by atoms with Crippen molar-refractivity contribution in [2.24, 2.45) is 0 Å². The molecular formula is C16H19F2N5O3S. The molecule has 1 aromatic heterocycles. The minimum atomic E-state index is -4.07. The number of amides is 1. The molecule has 1 amide bonds. The van der Waals surface area contributed by atoms with Crippen molar-refractivity contribution in [1.29, 1.82) is 0 Å². The predicted octanol–water partition coefficient (Wildman–Crippen LogP) is 0.920. The molecule has 0 saturated carbocycles. The topological polar surface area (TPSA) is 88.4 Å². The van der Waals surface area contributed by atoms with Crippen molar-refractivity contribution in [3.63, 3.8) is 0 Å². The molecule has 3 rings (SSSR count). The summed E-state index contributed by atoms with van der Waals surface area (Å²) in [6.07, 6.45) is 0.0245. The van der Waals surface area contributed by atoms with Crippen molar-refractivity contribution in [1.82, 2.24) is 24.2 Å². The van der Waals surface area contributed by atoms with Crippen LogP contribution in [-0.4, -0.2) is 71.4 Å². The van der Waals surface area contributed by atoms with Gasteiger partial charge in [0.05, 0.1) is 17.6 Å². The van der Waals surface area contributed by atoms with Gasteiger partial charge in [-0.2, -0.15) is 4.31 Å². The molecule has 1 saturated heterocycles. The summed E-state index contributed by atoms with van der Waals surface area (Å²) in [5.41, 5.74) is 0.106. The summed E-state index contributed by atoms with van der Waals surface area (Å²) in [6, 6.07) is 3.87. The average Bonchev–Trinajstić information content (AvgIpc) is 3.21. The molecule has 2 aromatic rings. The Balaban J connectivity index is 1.84.